The number of rotatable bonds is 6. The molecule has 1 N–H and O–H groups in total. The topological polar surface area (TPSA) is 25.2 Å². The molecule has 1 heterocycles. The van der Waals surface area contributed by atoms with Crippen molar-refractivity contribution in [2.24, 2.45) is 0 Å². The second kappa shape index (κ2) is 6.41. The van der Waals surface area contributed by atoms with Gasteiger partial charge in [0.05, 0.1) is 6.26 Å². The lowest BCUT2D eigenvalue weighted by atomic mass is 10.0. The maximum atomic E-state index is 5.44. The lowest BCUT2D eigenvalue weighted by Crippen LogP contribution is -2.22. The molecule has 0 radical (unpaired) electrons. The van der Waals surface area contributed by atoms with Gasteiger partial charge in [0.1, 0.15) is 5.76 Å². The van der Waals surface area contributed by atoms with Gasteiger partial charge in [0.15, 0.2) is 0 Å². The molecule has 96 valence electrons. The third-order valence-corrected chi connectivity index (χ3v) is 3.23. The summed E-state index contributed by atoms with van der Waals surface area (Å²) in [4.78, 5) is 0. The summed E-state index contributed by atoms with van der Waals surface area (Å²) in [6.45, 7) is 5.27. The van der Waals surface area contributed by atoms with Gasteiger partial charge in [0, 0.05) is 12.5 Å². The van der Waals surface area contributed by atoms with Crippen molar-refractivity contribution in [3.63, 3.8) is 0 Å². The zero-order valence-electron chi connectivity index (χ0n) is 11.1. The van der Waals surface area contributed by atoms with E-state index in [1.54, 1.807) is 6.26 Å². The molecule has 2 heteroatoms. The first-order valence-electron chi connectivity index (χ1n) is 6.68. The largest absolute Gasteiger partial charge is 0.469 e. The highest BCUT2D eigenvalue weighted by Gasteiger charge is 2.12. The third kappa shape index (κ3) is 3.23. The Morgan fingerprint density at radius 2 is 1.89 bits per heavy atom. The first kappa shape index (κ1) is 12.9. The van der Waals surface area contributed by atoms with Gasteiger partial charge in [0.25, 0.3) is 0 Å². The van der Waals surface area contributed by atoms with Crippen molar-refractivity contribution in [2.45, 2.75) is 32.7 Å². The van der Waals surface area contributed by atoms with Crippen LogP contribution in [0, 0.1) is 0 Å². The number of likely N-dealkylation sites (N-methyl/N-ethyl adjacent to an activating group) is 1. The Labute approximate surface area is 109 Å². The molecule has 0 aliphatic heterocycles. The van der Waals surface area contributed by atoms with Crippen LogP contribution >= 0.6 is 0 Å². The maximum absolute atomic E-state index is 5.44. The van der Waals surface area contributed by atoms with E-state index in [2.05, 4.69) is 43.4 Å². The van der Waals surface area contributed by atoms with E-state index in [0.717, 1.165) is 25.1 Å². The second-order valence-corrected chi connectivity index (χ2v) is 4.49. The second-order valence-electron chi connectivity index (χ2n) is 4.49. The lowest BCUT2D eigenvalue weighted by Gasteiger charge is -2.17. The molecule has 1 aromatic heterocycles. The fourth-order valence-corrected chi connectivity index (χ4v) is 2.17. The number of aryl methyl sites for hydroxylation is 1. The molecule has 0 saturated carbocycles. The van der Waals surface area contributed by atoms with Gasteiger partial charge in [-0.25, -0.2) is 0 Å². The molecule has 1 atom stereocenters. The van der Waals surface area contributed by atoms with E-state index in [0.29, 0.717) is 6.04 Å². The first-order valence-corrected chi connectivity index (χ1v) is 6.68. The fourth-order valence-electron chi connectivity index (χ4n) is 2.17. The predicted octanol–water partition coefficient (Wildman–Crippen LogP) is 3.74. The highest BCUT2D eigenvalue weighted by atomic mass is 16.3. The van der Waals surface area contributed by atoms with Gasteiger partial charge in [0.2, 0.25) is 0 Å². The molecule has 0 saturated heterocycles. The van der Waals surface area contributed by atoms with E-state index in [1.807, 2.05) is 12.1 Å². The van der Waals surface area contributed by atoms with Crippen LogP contribution in [0.1, 0.15) is 36.8 Å². The summed E-state index contributed by atoms with van der Waals surface area (Å²) in [6, 6.07) is 13.2. The average Bonchev–Trinajstić information content (AvgIpc) is 2.91. The molecule has 18 heavy (non-hydrogen) atoms. The van der Waals surface area contributed by atoms with Crippen LogP contribution in [-0.2, 0) is 12.8 Å². The summed E-state index contributed by atoms with van der Waals surface area (Å²) in [6.07, 6.45) is 3.72. The van der Waals surface area contributed by atoms with Crippen molar-refractivity contribution in [3.05, 3.63) is 59.5 Å². The van der Waals surface area contributed by atoms with Crippen LogP contribution in [0.2, 0.25) is 0 Å². The quantitative estimate of drug-likeness (QED) is 0.836. The van der Waals surface area contributed by atoms with E-state index in [1.165, 1.54) is 11.1 Å². The highest BCUT2D eigenvalue weighted by Crippen LogP contribution is 2.19. The van der Waals surface area contributed by atoms with E-state index in [9.17, 15) is 0 Å². The van der Waals surface area contributed by atoms with Crippen molar-refractivity contribution >= 4 is 0 Å². The van der Waals surface area contributed by atoms with Crippen molar-refractivity contribution < 1.29 is 4.42 Å². The minimum Gasteiger partial charge on any atom is -0.469 e. The molecule has 1 aromatic carbocycles. The van der Waals surface area contributed by atoms with Crippen LogP contribution in [-0.4, -0.2) is 6.54 Å². The van der Waals surface area contributed by atoms with Gasteiger partial charge in [-0.1, -0.05) is 38.1 Å². The Morgan fingerprint density at radius 1 is 1.11 bits per heavy atom. The molecular weight excluding hydrogens is 222 g/mol. The maximum Gasteiger partial charge on any atom is 0.105 e. The SMILES string of the molecule is CCNC(Cc1ccco1)c1ccc(CC)cc1. The summed E-state index contributed by atoms with van der Waals surface area (Å²) < 4.78 is 5.44. The summed E-state index contributed by atoms with van der Waals surface area (Å²) in [7, 11) is 0. The molecule has 0 aliphatic carbocycles. The molecule has 0 bridgehead atoms. The van der Waals surface area contributed by atoms with Crippen molar-refractivity contribution in [1.82, 2.24) is 5.32 Å². The Kier molecular flexibility index (Phi) is 4.59. The summed E-state index contributed by atoms with van der Waals surface area (Å²) in [5.41, 5.74) is 2.71. The number of hydrogen-bond donors (Lipinski definition) is 1. The monoisotopic (exact) mass is 243 g/mol. The van der Waals surface area contributed by atoms with Gasteiger partial charge in [-0.15, -0.1) is 0 Å². The van der Waals surface area contributed by atoms with Crippen LogP contribution in [0.4, 0.5) is 0 Å². The van der Waals surface area contributed by atoms with E-state index in [4.69, 9.17) is 4.42 Å². The standard InChI is InChI=1S/C16H21NO/c1-3-13-7-9-14(10-8-13)16(17-4-2)12-15-6-5-11-18-15/h5-11,16-17H,3-4,12H2,1-2H3. The van der Waals surface area contributed by atoms with Gasteiger partial charge >= 0.3 is 0 Å². The minimum atomic E-state index is 0.326. The molecule has 0 amide bonds. The highest BCUT2D eigenvalue weighted by molar-refractivity contribution is 5.26. The number of nitrogens with one attached hydrogen (secondary N) is 1. The summed E-state index contributed by atoms with van der Waals surface area (Å²) in [5, 5.41) is 3.51. The van der Waals surface area contributed by atoms with Gasteiger partial charge in [-0.05, 0) is 36.2 Å². The number of furan rings is 1. The van der Waals surface area contributed by atoms with Crippen molar-refractivity contribution in [1.29, 1.82) is 0 Å². The molecule has 0 spiro atoms. The first-order chi connectivity index (χ1) is 8.83. The zero-order valence-corrected chi connectivity index (χ0v) is 11.1. The van der Waals surface area contributed by atoms with Gasteiger partial charge < -0.3 is 9.73 Å². The molecule has 0 aliphatic rings. The Morgan fingerprint density at radius 3 is 2.44 bits per heavy atom. The van der Waals surface area contributed by atoms with Crippen LogP contribution in [0.3, 0.4) is 0 Å². The molecule has 1 unspecified atom stereocenters. The van der Waals surface area contributed by atoms with E-state index >= 15 is 0 Å². The lowest BCUT2D eigenvalue weighted by molar-refractivity contribution is 0.455. The van der Waals surface area contributed by atoms with Gasteiger partial charge in [-0.3, -0.25) is 0 Å². The van der Waals surface area contributed by atoms with Gasteiger partial charge in [-0.2, -0.15) is 0 Å². The smallest absolute Gasteiger partial charge is 0.105 e. The number of benzene rings is 1. The van der Waals surface area contributed by atoms with Crippen LogP contribution < -0.4 is 5.32 Å². The normalized spacial score (nSPS) is 12.6. The Bertz CT molecular complexity index is 444. The molecule has 2 nitrogen and oxygen atoms in total. The summed E-state index contributed by atoms with van der Waals surface area (Å²) >= 11 is 0. The molecule has 0 fully saturated rings. The Hall–Kier alpha value is -1.54. The van der Waals surface area contributed by atoms with Crippen molar-refractivity contribution in [3.8, 4) is 0 Å². The predicted molar refractivity (Wildman–Crippen MR) is 74.6 cm³/mol. The summed E-state index contributed by atoms with van der Waals surface area (Å²) in [5.74, 6) is 1.03. The van der Waals surface area contributed by atoms with Crippen LogP contribution in [0.15, 0.2) is 47.1 Å². The minimum absolute atomic E-state index is 0.326. The fraction of sp³-hybridized carbons (Fsp3) is 0.375. The molecule has 2 rings (SSSR count). The van der Waals surface area contributed by atoms with Crippen LogP contribution in [0.25, 0.3) is 0 Å². The zero-order chi connectivity index (χ0) is 12.8. The van der Waals surface area contributed by atoms with E-state index < -0.39 is 0 Å². The van der Waals surface area contributed by atoms with Crippen LogP contribution in [0.5, 0.6) is 0 Å². The van der Waals surface area contributed by atoms with Crippen molar-refractivity contribution in [2.75, 3.05) is 6.54 Å². The van der Waals surface area contributed by atoms with E-state index in [-0.39, 0.29) is 0 Å². The molecule has 2 aromatic rings. The average molecular weight is 243 g/mol. The molecular formula is C16H21NO. The third-order valence-electron chi connectivity index (χ3n) is 3.23. The Balaban J connectivity index is 2.12. The number of hydrogen-bond acceptors (Lipinski definition) is 2.